The third-order valence-corrected chi connectivity index (χ3v) is 8.49. The van der Waals surface area contributed by atoms with Gasteiger partial charge in [0, 0.05) is 78.1 Å². The first kappa shape index (κ1) is 41.3. The molecule has 0 aliphatic carbocycles. The van der Waals surface area contributed by atoms with Crippen LogP contribution >= 0.6 is 0 Å². The highest BCUT2D eigenvalue weighted by Gasteiger charge is 2.22. The number of hydrogen-bond acceptors (Lipinski definition) is 13. The van der Waals surface area contributed by atoms with Crippen LogP contribution in [0.2, 0.25) is 0 Å². The highest BCUT2D eigenvalue weighted by molar-refractivity contribution is 5.93. The largest absolute Gasteiger partial charge is 0.444 e. The smallest absolute Gasteiger partial charge is 0.407 e. The molecule has 1 fully saturated rings. The summed E-state index contributed by atoms with van der Waals surface area (Å²) in [6, 6.07) is 9.77. The minimum absolute atomic E-state index is 0.0286. The van der Waals surface area contributed by atoms with Gasteiger partial charge in [-0.1, -0.05) is 24.3 Å². The fraction of sp³-hybridized carbons (Fsp3) is 0.611. The van der Waals surface area contributed by atoms with E-state index in [-0.39, 0.29) is 43.8 Å². The van der Waals surface area contributed by atoms with Crippen molar-refractivity contribution in [1.82, 2.24) is 40.6 Å². The Morgan fingerprint density at radius 2 is 1.64 bits per heavy atom. The molecule has 2 aliphatic rings. The van der Waals surface area contributed by atoms with Crippen molar-refractivity contribution < 1.29 is 38.5 Å². The number of nitrogens with one attached hydrogen (secondary N) is 4. The number of carbonyl (C=O) groups excluding carboxylic acids is 4. The molecule has 17 heteroatoms. The molecule has 4 amide bonds. The van der Waals surface area contributed by atoms with Gasteiger partial charge in [0.2, 0.25) is 11.8 Å². The number of amides is 4. The predicted molar refractivity (Wildman–Crippen MR) is 196 cm³/mol. The molecule has 0 bridgehead atoms. The van der Waals surface area contributed by atoms with Gasteiger partial charge in [-0.05, 0) is 38.3 Å². The number of carbonyl (C=O) groups is 4. The summed E-state index contributed by atoms with van der Waals surface area (Å²) in [5, 5.41) is 21.7. The quantitative estimate of drug-likeness (QED) is 0.119. The molecular formula is C36H55N9O8. The van der Waals surface area contributed by atoms with Crippen LogP contribution in [0.5, 0.6) is 0 Å². The third-order valence-electron chi connectivity index (χ3n) is 8.49. The van der Waals surface area contributed by atoms with Gasteiger partial charge in [-0.2, -0.15) is 0 Å². The van der Waals surface area contributed by atoms with Gasteiger partial charge < -0.3 is 45.5 Å². The summed E-state index contributed by atoms with van der Waals surface area (Å²) < 4.78 is 16.0. The number of aliphatic hydroxyl groups is 1. The van der Waals surface area contributed by atoms with Gasteiger partial charge >= 0.3 is 6.09 Å². The van der Waals surface area contributed by atoms with E-state index in [0.29, 0.717) is 71.4 Å². The fourth-order valence-electron chi connectivity index (χ4n) is 5.77. The first-order valence-electron chi connectivity index (χ1n) is 18.2. The van der Waals surface area contributed by atoms with Gasteiger partial charge in [-0.25, -0.2) is 14.8 Å². The Hall–Kier alpha value is -4.42. The maximum absolute atomic E-state index is 12.7. The maximum Gasteiger partial charge on any atom is 0.407 e. The molecule has 17 nitrogen and oxygen atoms in total. The fourth-order valence-corrected chi connectivity index (χ4v) is 5.77. The number of aromatic nitrogens is 2. The van der Waals surface area contributed by atoms with Crippen molar-refractivity contribution >= 4 is 29.6 Å². The van der Waals surface area contributed by atoms with Crippen molar-refractivity contribution in [2.24, 2.45) is 0 Å². The average Bonchev–Trinajstić information content (AvgIpc) is 3.13. The Balaban J connectivity index is 1.01. The molecule has 3 heterocycles. The van der Waals surface area contributed by atoms with E-state index in [2.05, 4.69) is 53.2 Å². The molecule has 53 heavy (non-hydrogen) atoms. The molecule has 1 saturated heterocycles. The van der Waals surface area contributed by atoms with Crippen molar-refractivity contribution in [1.29, 1.82) is 0 Å². The standard InChI is InChI=1S/C36H55N9O8/c1-36(2,3)53-35(50)38-10-17-51-18-19-52-25-33(48)45-15-13-43(14-16-45)12-9-37-32(47)22-39-31-20-30(41-26-42-31)34(49)40-21-29(46)24-44-11-8-27-6-4-5-7-28(27)23-44/h4-7,20,26,29,46H,8-19,21-25H2,1-3H3,(H,37,47)(H,38,50)(H,40,49)(H,39,41,42)/t29-/m0/s1. The third kappa shape index (κ3) is 15.6. The second-order valence-electron chi connectivity index (χ2n) is 13.9. The summed E-state index contributed by atoms with van der Waals surface area (Å²) in [6.45, 7) is 12.2. The number of fused-ring (bicyclic) bond motifs is 1. The number of aliphatic hydroxyl groups excluding tert-OH is 1. The lowest BCUT2D eigenvalue weighted by atomic mass is 10.00. The molecule has 0 saturated carbocycles. The van der Waals surface area contributed by atoms with E-state index in [1.165, 1.54) is 23.5 Å². The first-order valence-corrected chi connectivity index (χ1v) is 18.2. The van der Waals surface area contributed by atoms with Crippen LogP contribution < -0.4 is 21.3 Å². The normalized spacial score (nSPS) is 15.6. The van der Waals surface area contributed by atoms with Crippen molar-refractivity contribution in [3.63, 3.8) is 0 Å². The maximum atomic E-state index is 12.7. The molecule has 0 unspecified atom stereocenters. The van der Waals surface area contributed by atoms with Crippen LogP contribution in [0, 0.1) is 0 Å². The number of ether oxygens (including phenoxy) is 3. The van der Waals surface area contributed by atoms with E-state index in [1.807, 2.05) is 12.1 Å². The van der Waals surface area contributed by atoms with E-state index in [9.17, 15) is 24.3 Å². The molecular weight excluding hydrogens is 686 g/mol. The van der Waals surface area contributed by atoms with Gasteiger partial charge in [-0.15, -0.1) is 0 Å². The molecule has 5 N–H and O–H groups in total. The molecule has 1 aromatic carbocycles. The molecule has 4 rings (SSSR count). The van der Waals surface area contributed by atoms with Crippen LogP contribution in [-0.2, 0) is 36.8 Å². The van der Waals surface area contributed by atoms with Gasteiger partial charge in [0.15, 0.2) is 0 Å². The van der Waals surface area contributed by atoms with E-state index in [1.54, 1.807) is 25.7 Å². The number of piperazine rings is 1. The van der Waals surface area contributed by atoms with Crippen molar-refractivity contribution in [3.8, 4) is 0 Å². The van der Waals surface area contributed by atoms with Gasteiger partial charge in [-0.3, -0.25) is 24.2 Å². The van der Waals surface area contributed by atoms with Crippen molar-refractivity contribution in [3.05, 3.63) is 53.5 Å². The molecule has 2 aliphatic heterocycles. The Morgan fingerprint density at radius 3 is 2.42 bits per heavy atom. The highest BCUT2D eigenvalue weighted by Crippen LogP contribution is 2.18. The number of rotatable bonds is 19. The Bertz CT molecular complexity index is 1480. The van der Waals surface area contributed by atoms with Crippen LogP contribution in [-0.4, -0.2) is 164 Å². The minimum Gasteiger partial charge on any atom is -0.444 e. The second kappa shape index (κ2) is 21.3. The van der Waals surface area contributed by atoms with Gasteiger partial charge in [0.25, 0.3) is 5.91 Å². The summed E-state index contributed by atoms with van der Waals surface area (Å²) >= 11 is 0. The number of hydrogen-bond donors (Lipinski definition) is 5. The van der Waals surface area contributed by atoms with Crippen LogP contribution in [0.1, 0.15) is 42.4 Å². The zero-order valence-electron chi connectivity index (χ0n) is 31.1. The number of anilines is 1. The van der Waals surface area contributed by atoms with E-state index in [0.717, 1.165) is 19.5 Å². The summed E-state index contributed by atoms with van der Waals surface area (Å²) in [7, 11) is 0. The van der Waals surface area contributed by atoms with Crippen LogP contribution in [0.15, 0.2) is 36.7 Å². The van der Waals surface area contributed by atoms with Crippen LogP contribution in [0.3, 0.4) is 0 Å². The monoisotopic (exact) mass is 741 g/mol. The first-order chi connectivity index (χ1) is 25.4. The van der Waals surface area contributed by atoms with Crippen LogP contribution in [0.25, 0.3) is 0 Å². The number of benzene rings is 1. The van der Waals surface area contributed by atoms with E-state index >= 15 is 0 Å². The topological polar surface area (TPSA) is 200 Å². The molecule has 1 aromatic heterocycles. The molecule has 0 radical (unpaired) electrons. The second-order valence-corrected chi connectivity index (χ2v) is 13.9. The zero-order valence-corrected chi connectivity index (χ0v) is 31.1. The summed E-state index contributed by atoms with van der Waals surface area (Å²) in [6.07, 6.45) is 0.953. The summed E-state index contributed by atoms with van der Waals surface area (Å²) in [5.41, 5.74) is 2.17. The lowest BCUT2D eigenvalue weighted by molar-refractivity contribution is -0.138. The van der Waals surface area contributed by atoms with Crippen LogP contribution in [0.4, 0.5) is 10.6 Å². The Morgan fingerprint density at radius 1 is 0.887 bits per heavy atom. The number of alkyl carbamates (subject to hydrolysis) is 1. The van der Waals surface area contributed by atoms with Gasteiger partial charge in [0.05, 0.1) is 32.5 Å². The van der Waals surface area contributed by atoms with Crippen molar-refractivity contribution in [2.45, 2.75) is 45.4 Å². The number of nitrogens with zero attached hydrogens (tertiary/aromatic N) is 5. The molecule has 0 spiro atoms. The van der Waals surface area contributed by atoms with E-state index in [4.69, 9.17) is 14.2 Å². The molecule has 2 aromatic rings. The highest BCUT2D eigenvalue weighted by atomic mass is 16.6. The molecule has 1 atom stereocenters. The SMILES string of the molecule is CC(C)(C)OC(=O)NCCOCCOCC(=O)N1CCN(CCNC(=O)CNc2cc(C(=O)NC[C@H](O)CN3CCc4ccccc4C3)ncn2)CC1. The Kier molecular flexibility index (Phi) is 16.6. The summed E-state index contributed by atoms with van der Waals surface area (Å²) in [5.74, 6) is -0.423. The Labute approximate surface area is 311 Å². The van der Waals surface area contributed by atoms with Crippen molar-refractivity contribution in [2.75, 3.05) is 104 Å². The van der Waals surface area contributed by atoms with E-state index < -0.39 is 23.7 Å². The summed E-state index contributed by atoms with van der Waals surface area (Å²) in [4.78, 5) is 63.5. The minimum atomic E-state index is -0.732. The lowest BCUT2D eigenvalue weighted by Gasteiger charge is -2.34. The average molecular weight is 742 g/mol. The zero-order chi connectivity index (χ0) is 38.1. The predicted octanol–water partition coefficient (Wildman–Crippen LogP) is -0.144. The molecule has 292 valence electrons. The lowest BCUT2D eigenvalue weighted by Crippen LogP contribution is -2.51. The number of β-amino-alcohol motifs (C(OH)–C–C–N with tert-alkyl or cyclic N) is 1. The van der Waals surface area contributed by atoms with Gasteiger partial charge in [0.1, 0.15) is 30.0 Å².